The fourth-order valence-electron chi connectivity index (χ4n) is 2.55. The van der Waals surface area contributed by atoms with Crippen LogP contribution in [0.2, 0.25) is 0 Å². The lowest BCUT2D eigenvalue weighted by molar-refractivity contribution is 0.272. The monoisotopic (exact) mass is 253 g/mol. The average Bonchev–Trinajstić information content (AvgIpc) is 2.37. The maximum absolute atomic E-state index is 6.03. The lowest BCUT2D eigenvalue weighted by atomic mass is 9.80. The normalized spacial score (nSPS) is 24.6. The fourth-order valence-corrected chi connectivity index (χ4v) is 2.95. The van der Waals surface area contributed by atoms with Gasteiger partial charge >= 0.3 is 0 Å². The first-order valence-electron chi connectivity index (χ1n) is 6.39. The van der Waals surface area contributed by atoms with Gasteiger partial charge < -0.3 is 5.32 Å². The predicted octanol–water partition coefficient (Wildman–Crippen LogP) is 3.24. The van der Waals surface area contributed by atoms with Gasteiger partial charge in [0.25, 0.3) is 0 Å². The van der Waals surface area contributed by atoms with Crippen LogP contribution in [0.3, 0.4) is 0 Å². The van der Waals surface area contributed by atoms with Crippen molar-refractivity contribution in [3.05, 3.63) is 18.1 Å². The molecule has 1 aromatic heterocycles. The molecule has 0 aromatic carbocycles. The molecule has 1 saturated carbocycles. The van der Waals surface area contributed by atoms with Gasteiger partial charge in [-0.15, -0.1) is 11.6 Å². The minimum Gasteiger partial charge on any atom is -0.370 e. The highest BCUT2D eigenvalue weighted by molar-refractivity contribution is 6.18. The number of aryl methyl sites for hydroxylation is 1. The van der Waals surface area contributed by atoms with Gasteiger partial charge in [-0.2, -0.15) is 0 Å². The number of nitrogens with one attached hydrogen (secondary N) is 1. The van der Waals surface area contributed by atoms with E-state index < -0.39 is 0 Å². The Morgan fingerprint density at radius 1 is 1.35 bits per heavy atom. The summed E-state index contributed by atoms with van der Waals surface area (Å²) in [7, 11) is 0. The summed E-state index contributed by atoms with van der Waals surface area (Å²) < 4.78 is 0. The summed E-state index contributed by atoms with van der Waals surface area (Å²) in [5.74, 6) is 3.89. The van der Waals surface area contributed by atoms with Crippen LogP contribution in [0.25, 0.3) is 0 Å². The molecule has 17 heavy (non-hydrogen) atoms. The van der Waals surface area contributed by atoms with Gasteiger partial charge in [0.2, 0.25) is 0 Å². The van der Waals surface area contributed by atoms with Crippen molar-refractivity contribution in [2.75, 3.05) is 17.7 Å². The van der Waals surface area contributed by atoms with Crippen LogP contribution in [0.1, 0.15) is 31.5 Å². The van der Waals surface area contributed by atoms with Gasteiger partial charge in [-0.1, -0.05) is 12.8 Å². The minimum absolute atomic E-state index is 0.667. The van der Waals surface area contributed by atoms with Crippen LogP contribution >= 0.6 is 11.6 Å². The predicted molar refractivity (Wildman–Crippen MR) is 71.4 cm³/mol. The topological polar surface area (TPSA) is 37.8 Å². The molecule has 1 N–H and O–H groups in total. The molecular weight excluding hydrogens is 234 g/mol. The first-order chi connectivity index (χ1) is 8.29. The Bertz CT molecular complexity index is 356. The number of halogens is 1. The smallest absolute Gasteiger partial charge is 0.129 e. The highest BCUT2D eigenvalue weighted by Gasteiger charge is 2.23. The first kappa shape index (κ1) is 12.6. The summed E-state index contributed by atoms with van der Waals surface area (Å²) in [6.45, 7) is 2.89. The van der Waals surface area contributed by atoms with E-state index in [2.05, 4.69) is 15.3 Å². The zero-order valence-corrected chi connectivity index (χ0v) is 11.1. The van der Waals surface area contributed by atoms with E-state index in [4.69, 9.17) is 11.6 Å². The van der Waals surface area contributed by atoms with Gasteiger partial charge in [-0.25, -0.2) is 9.97 Å². The van der Waals surface area contributed by atoms with E-state index >= 15 is 0 Å². The zero-order chi connectivity index (χ0) is 12.1. The highest BCUT2D eigenvalue weighted by atomic mass is 35.5. The Labute approximate surface area is 108 Å². The van der Waals surface area contributed by atoms with Crippen LogP contribution in [0, 0.1) is 18.8 Å². The summed E-state index contributed by atoms with van der Waals surface area (Å²) in [6.07, 6.45) is 7.03. The van der Waals surface area contributed by atoms with Crippen LogP contribution in [-0.4, -0.2) is 22.4 Å². The second-order valence-corrected chi connectivity index (χ2v) is 5.14. The maximum Gasteiger partial charge on any atom is 0.129 e. The number of alkyl halides is 1. The van der Waals surface area contributed by atoms with Crippen molar-refractivity contribution >= 4 is 17.4 Å². The number of rotatable bonds is 4. The Hall–Kier alpha value is -0.830. The maximum atomic E-state index is 6.03. The van der Waals surface area contributed by atoms with Crippen LogP contribution < -0.4 is 5.32 Å². The van der Waals surface area contributed by atoms with E-state index in [9.17, 15) is 0 Å². The zero-order valence-electron chi connectivity index (χ0n) is 10.3. The molecule has 0 spiro atoms. The molecule has 94 valence electrons. The van der Waals surface area contributed by atoms with Gasteiger partial charge in [0.15, 0.2) is 0 Å². The third-order valence-electron chi connectivity index (χ3n) is 3.59. The molecule has 4 heteroatoms. The Kier molecular flexibility index (Phi) is 4.60. The molecule has 1 aliphatic carbocycles. The molecule has 2 atom stereocenters. The number of aromatic nitrogens is 2. The Morgan fingerprint density at radius 3 is 2.82 bits per heavy atom. The van der Waals surface area contributed by atoms with Crippen LogP contribution in [0.15, 0.2) is 12.3 Å². The van der Waals surface area contributed by atoms with E-state index in [1.54, 1.807) is 6.20 Å². The summed E-state index contributed by atoms with van der Waals surface area (Å²) >= 11 is 6.03. The third-order valence-corrected chi connectivity index (χ3v) is 3.98. The molecular formula is C13H20ClN3. The van der Waals surface area contributed by atoms with E-state index in [-0.39, 0.29) is 0 Å². The summed E-state index contributed by atoms with van der Waals surface area (Å²) in [5.41, 5.74) is 0. The molecule has 1 aliphatic rings. The first-order valence-corrected chi connectivity index (χ1v) is 6.92. The molecule has 1 aromatic rings. The lowest BCUT2D eigenvalue weighted by Crippen LogP contribution is -2.27. The van der Waals surface area contributed by atoms with Crippen molar-refractivity contribution in [2.45, 2.75) is 32.6 Å². The number of hydrogen-bond acceptors (Lipinski definition) is 3. The quantitative estimate of drug-likeness (QED) is 0.838. The summed E-state index contributed by atoms with van der Waals surface area (Å²) in [6, 6.07) is 1.92. The van der Waals surface area contributed by atoms with Gasteiger partial charge in [-0.3, -0.25) is 0 Å². The summed E-state index contributed by atoms with van der Waals surface area (Å²) in [4.78, 5) is 8.45. The Balaban J connectivity index is 1.88. The standard InChI is InChI=1S/C13H20ClN3/c1-10-15-7-6-13(17-10)16-9-12-5-3-2-4-11(12)8-14/h6-7,11-12H,2-5,8-9H2,1H3,(H,15,16,17). The van der Waals surface area contributed by atoms with E-state index in [1.165, 1.54) is 25.7 Å². The summed E-state index contributed by atoms with van der Waals surface area (Å²) in [5, 5.41) is 3.41. The second kappa shape index (κ2) is 6.20. The van der Waals surface area contributed by atoms with Gasteiger partial charge in [0.1, 0.15) is 11.6 Å². The third kappa shape index (κ3) is 3.56. The van der Waals surface area contributed by atoms with E-state index in [1.807, 2.05) is 13.0 Å². The largest absolute Gasteiger partial charge is 0.370 e. The van der Waals surface area contributed by atoms with Crippen molar-refractivity contribution in [1.82, 2.24) is 9.97 Å². The molecule has 2 rings (SSSR count). The van der Waals surface area contributed by atoms with Crippen molar-refractivity contribution in [1.29, 1.82) is 0 Å². The number of hydrogen-bond donors (Lipinski definition) is 1. The molecule has 0 bridgehead atoms. The second-order valence-electron chi connectivity index (χ2n) is 4.83. The molecule has 2 unspecified atom stereocenters. The molecule has 0 saturated heterocycles. The van der Waals surface area contributed by atoms with Crippen LogP contribution in [0.5, 0.6) is 0 Å². The molecule has 0 aliphatic heterocycles. The van der Waals surface area contributed by atoms with Crippen molar-refractivity contribution in [2.24, 2.45) is 11.8 Å². The van der Waals surface area contributed by atoms with Crippen molar-refractivity contribution < 1.29 is 0 Å². The van der Waals surface area contributed by atoms with Crippen LogP contribution in [0.4, 0.5) is 5.82 Å². The van der Waals surface area contributed by atoms with E-state index in [0.29, 0.717) is 11.8 Å². The van der Waals surface area contributed by atoms with Crippen molar-refractivity contribution in [3.63, 3.8) is 0 Å². The van der Waals surface area contributed by atoms with Crippen LogP contribution in [-0.2, 0) is 0 Å². The molecule has 0 radical (unpaired) electrons. The number of nitrogens with zero attached hydrogens (tertiary/aromatic N) is 2. The van der Waals surface area contributed by atoms with Gasteiger partial charge in [0, 0.05) is 18.6 Å². The average molecular weight is 254 g/mol. The SMILES string of the molecule is Cc1nccc(NCC2CCCCC2CCl)n1. The molecule has 0 amide bonds. The lowest BCUT2D eigenvalue weighted by Gasteiger charge is -2.30. The minimum atomic E-state index is 0.667. The highest BCUT2D eigenvalue weighted by Crippen LogP contribution is 2.30. The van der Waals surface area contributed by atoms with E-state index in [0.717, 1.165) is 24.1 Å². The molecule has 1 heterocycles. The number of anilines is 1. The van der Waals surface area contributed by atoms with Crippen molar-refractivity contribution in [3.8, 4) is 0 Å². The molecule has 3 nitrogen and oxygen atoms in total. The fraction of sp³-hybridized carbons (Fsp3) is 0.692. The van der Waals surface area contributed by atoms with Gasteiger partial charge in [-0.05, 0) is 37.7 Å². The Morgan fingerprint density at radius 2 is 2.12 bits per heavy atom. The molecule has 1 fully saturated rings. The van der Waals surface area contributed by atoms with Gasteiger partial charge in [0.05, 0.1) is 0 Å².